The molecule has 6 heteroatoms. The Kier molecular flexibility index (Phi) is 6.59. The molecular weight excluding hydrogens is 266 g/mol. The van der Waals surface area contributed by atoms with Gasteiger partial charge >= 0.3 is 5.97 Å². The minimum atomic E-state index is -0.808. The van der Waals surface area contributed by atoms with Crippen LogP contribution in [0, 0.1) is 0 Å². The molecule has 0 bridgehead atoms. The van der Waals surface area contributed by atoms with E-state index in [1.807, 2.05) is 25.1 Å². The number of hydrogen-bond donors (Lipinski definition) is 1. The van der Waals surface area contributed by atoms with Crippen LogP contribution in [0.4, 0.5) is 5.69 Å². The zero-order chi connectivity index (χ0) is 14.3. The number of carboxylic acids is 1. The molecule has 19 heavy (non-hydrogen) atoms. The Hall–Kier alpha value is -1.33. The van der Waals surface area contributed by atoms with E-state index in [4.69, 9.17) is 16.7 Å². The van der Waals surface area contributed by atoms with Gasteiger partial charge in [-0.1, -0.05) is 11.6 Å². The first-order valence-electron chi connectivity index (χ1n) is 6.22. The first-order chi connectivity index (χ1) is 9.00. The maximum Gasteiger partial charge on any atom is 0.305 e. The molecule has 0 atom stereocenters. The van der Waals surface area contributed by atoms with Gasteiger partial charge in [0, 0.05) is 19.3 Å². The number of hydrogen-bond acceptors (Lipinski definition) is 4. The second kappa shape index (κ2) is 7.96. The molecule has 1 N–H and O–H groups in total. The normalized spacial score (nSPS) is 10.7. The largest absolute Gasteiger partial charge is 0.481 e. The van der Waals surface area contributed by atoms with Gasteiger partial charge in [0.15, 0.2) is 5.15 Å². The zero-order valence-corrected chi connectivity index (χ0v) is 12.1. The SMILES string of the molecule is CN(C)CCCN(CCC(=O)O)c1cccnc1Cl. The molecule has 0 spiro atoms. The first-order valence-corrected chi connectivity index (χ1v) is 6.60. The first kappa shape index (κ1) is 15.7. The van der Waals surface area contributed by atoms with Crippen molar-refractivity contribution in [2.45, 2.75) is 12.8 Å². The van der Waals surface area contributed by atoms with E-state index in [9.17, 15) is 4.79 Å². The van der Waals surface area contributed by atoms with Gasteiger partial charge in [-0.25, -0.2) is 4.98 Å². The van der Waals surface area contributed by atoms with Gasteiger partial charge in [-0.15, -0.1) is 0 Å². The van der Waals surface area contributed by atoms with Crippen LogP contribution in [0.5, 0.6) is 0 Å². The molecule has 5 nitrogen and oxygen atoms in total. The highest BCUT2D eigenvalue weighted by atomic mass is 35.5. The highest BCUT2D eigenvalue weighted by Crippen LogP contribution is 2.23. The molecule has 0 aliphatic carbocycles. The van der Waals surface area contributed by atoms with Crippen LogP contribution in [0.1, 0.15) is 12.8 Å². The van der Waals surface area contributed by atoms with E-state index >= 15 is 0 Å². The number of pyridine rings is 1. The minimum absolute atomic E-state index is 0.0905. The smallest absolute Gasteiger partial charge is 0.305 e. The summed E-state index contributed by atoms with van der Waals surface area (Å²) in [6, 6.07) is 3.67. The quantitative estimate of drug-likeness (QED) is 0.740. The van der Waals surface area contributed by atoms with E-state index in [1.165, 1.54) is 0 Å². The maximum atomic E-state index is 10.7. The fraction of sp³-hybridized carbons (Fsp3) is 0.538. The standard InChI is InChI=1S/C13H20ClN3O2/c1-16(2)8-4-9-17(10-6-12(18)19)11-5-3-7-15-13(11)14/h3,5,7H,4,6,8-10H2,1-2H3,(H,18,19). The third kappa shape index (κ3) is 5.89. The van der Waals surface area contributed by atoms with Gasteiger partial charge in [0.2, 0.25) is 0 Å². The fourth-order valence-corrected chi connectivity index (χ4v) is 2.01. The molecule has 0 saturated heterocycles. The monoisotopic (exact) mass is 285 g/mol. The Morgan fingerprint density at radius 1 is 1.37 bits per heavy atom. The molecule has 106 valence electrons. The van der Waals surface area contributed by atoms with Crippen LogP contribution in [0.15, 0.2) is 18.3 Å². The Balaban J connectivity index is 2.68. The fourth-order valence-electron chi connectivity index (χ4n) is 1.77. The number of carbonyl (C=O) groups is 1. The summed E-state index contributed by atoms with van der Waals surface area (Å²) in [5, 5.41) is 9.22. The van der Waals surface area contributed by atoms with Crippen molar-refractivity contribution in [3.8, 4) is 0 Å². The molecule has 0 aromatic carbocycles. The van der Waals surface area contributed by atoms with Crippen LogP contribution in [0.25, 0.3) is 0 Å². The molecule has 1 aromatic rings. The lowest BCUT2D eigenvalue weighted by atomic mass is 10.3. The van der Waals surface area contributed by atoms with Gasteiger partial charge in [0.05, 0.1) is 12.1 Å². The minimum Gasteiger partial charge on any atom is -0.481 e. The number of anilines is 1. The predicted molar refractivity (Wildman–Crippen MR) is 76.9 cm³/mol. The van der Waals surface area contributed by atoms with Gasteiger partial charge in [-0.05, 0) is 39.2 Å². The lowest BCUT2D eigenvalue weighted by Gasteiger charge is -2.25. The summed E-state index contributed by atoms with van der Waals surface area (Å²) >= 11 is 6.07. The van der Waals surface area contributed by atoms with Crippen molar-refractivity contribution < 1.29 is 9.90 Å². The molecule has 0 fully saturated rings. The molecule has 1 aromatic heterocycles. The Morgan fingerprint density at radius 3 is 2.68 bits per heavy atom. The summed E-state index contributed by atoms with van der Waals surface area (Å²) in [5.74, 6) is -0.808. The van der Waals surface area contributed by atoms with Crippen molar-refractivity contribution in [3.05, 3.63) is 23.5 Å². The summed E-state index contributed by atoms with van der Waals surface area (Å²) in [5.41, 5.74) is 0.796. The topological polar surface area (TPSA) is 56.7 Å². The average Bonchev–Trinajstić information content (AvgIpc) is 2.34. The van der Waals surface area contributed by atoms with E-state index in [-0.39, 0.29) is 6.42 Å². The molecule has 0 radical (unpaired) electrons. The van der Waals surface area contributed by atoms with E-state index in [1.54, 1.807) is 12.3 Å². The van der Waals surface area contributed by atoms with Crippen LogP contribution in [0.2, 0.25) is 5.15 Å². The van der Waals surface area contributed by atoms with Crippen molar-refractivity contribution in [3.63, 3.8) is 0 Å². The summed E-state index contributed by atoms with van der Waals surface area (Å²) in [7, 11) is 4.03. The molecule has 0 saturated carbocycles. The summed E-state index contributed by atoms with van der Waals surface area (Å²) < 4.78 is 0. The van der Waals surface area contributed by atoms with E-state index in [0.29, 0.717) is 11.7 Å². The third-order valence-corrected chi connectivity index (χ3v) is 3.00. The Bertz CT molecular complexity index is 413. The van der Waals surface area contributed by atoms with Gasteiger partial charge in [0.1, 0.15) is 0 Å². The highest BCUT2D eigenvalue weighted by Gasteiger charge is 2.12. The van der Waals surface area contributed by atoms with Crippen molar-refractivity contribution in [2.75, 3.05) is 38.6 Å². The molecule has 0 aliphatic heterocycles. The summed E-state index contributed by atoms with van der Waals surface area (Å²) in [6.07, 6.45) is 2.66. The van der Waals surface area contributed by atoms with Crippen molar-refractivity contribution >= 4 is 23.3 Å². The number of halogens is 1. The zero-order valence-electron chi connectivity index (χ0n) is 11.3. The van der Waals surface area contributed by atoms with Crippen LogP contribution in [0.3, 0.4) is 0 Å². The molecule has 1 rings (SSSR count). The molecule has 0 aliphatic rings. The van der Waals surface area contributed by atoms with Crippen LogP contribution in [-0.2, 0) is 4.79 Å². The van der Waals surface area contributed by atoms with Crippen molar-refractivity contribution in [2.24, 2.45) is 0 Å². The van der Waals surface area contributed by atoms with Gasteiger partial charge in [0.25, 0.3) is 0 Å². The van der Waals surface area contributed by atoms with Crippen molar-refractivity contribution in [1.82, 2.24) is 9.88 Å². The highest BCUT2D eigenvalue weighted by molar-refractivity contribution is 6.32. The van der Waals surface area contributed by atoms with E-state index in [0.717, 1.165) is 25.2 Å². The number of aliphatic carboxylic acids is 1. The second-order valence-corrected chi connectivity index (χ2v) is 4.96. The summed E-state index contributed by atoms with van der Waals surface area (Å²) in [4.78, 5) is 18.8. The number of aromatic nitrogens is 1. The summed E-state index contributed by atoms with van der Waals surface area (Å²) in [6.45, 7) is 2.15. The molecular formula is C13H20ClN3O2. The van der Waals surface area contributed by atoms with Gasteiger partial charge in [-0.3, -0.25) is 4.79 Å². The predicted octanol–water partition coefficient (Wildman–Crippen LogP) is 1.97. The van der Waals surface area contributed by atoms with Crippen molar-refractivity contribution in [1.29, 1.82) is 0 Å². The van der Waals surface area contributed by atoms with E-state index < -0.39 is 5.97 Å². The Morgan fingerprint density at radius 2 is 2.11 bits per heavy atom. The van der Waals surface area contributed by atoms with Gasteiger partial charge < -0.3 is 14.9 Å². The van der Waals surface area contributed by atoms with Crippen LogP contribution in [-0.4, -0.2) is 54.7 Å². The Labute approximate surface area is 118 Å². The second-order valence-electron chi connectivity index (χ2n) is 4.60. The van der Waals surface area contributed by atoms with Crippen LogP contribution < -0.4 is 4.90 Å². The average molecular weight is 286 g/mol. The maximum absolute atomic E-state index is 10.7. The number of nitrogens with zero attached hydrogens (tertiary/aromatic N) is 3. The molecule has 0 unspecified atom stereocenters. The molecule has 0 amide bonds. The van der Waals surface area contributed by atoms with E-state index in [2.05, 4.69) is 9.88 Å². The molecule has 1 heterocycles. The van der Waals surface area contributed by atoms with Gasteiger partial charge in [-0.2, -0.15) is 0 Å². The number of rotatable bonds is 8. The lowest BCUT2D eigenvalue weighted by Crippen LogP contribution is -2.29. The number of carboxylic acid groups (broad SMARTS) is 1. The van der Waals surface area contributed by atoms with Crippen LogP contribution >= 0.6 is 11.6 Å². The third-order valence-electron chi connectivity index (χ3n) is 2.71. The lowest BCUT2D eigenvalue weighted by molar-refractivity contribution is -0.136.